The highest BCUT2D eigenvalue weighted by Crippen LogP contribution is 2.28. The minimum absolute atomic E-state index is 0.0475. The van der Waals surface area contributed by atoms with E-state index in [-0.39, 0.29) is 16.8 Å². The van der Waals surface area contributed by atoms with Gasteiger partial charge < -0.3 is 0 Å². The molecule has 5 amide bonds. The van der Waals surface area contributed by atoms with Crippen LogP contribution in [0.5, 0.6) is 0 Å². The number of aliphatic imine (C=N–C) groups is 1. The van der Waals surface area contributed by atoms with Gasteiger partial charge in [-0.05, 0) is 6.07 Å². The highest BCUT2D eigenvalue weighted by molar-refractivity contribution is 6.26. The summed E-state index contributed by atoms with van der Waals surface area (Å²) in [5.74, 6) is -2.51. The molecule has 0 radical (unpaired) electrons. The summed E-state index contributed by atoms with van der Waals surface area (Å²) >= 11 is 0. The fourth-order valence-corrected chi connectivity index (χ4v) is 2.22. The average Bonchev–Trinajstić information content (AvgIpc) is 2.71. The molecule has 0 unspecified atom stereocenters. The molecule has 0 aliphatic carbocycles. The third kappa shape index (κ3) is 1.85. The molecule has 1 aromatic carbocycles. The first-order valence-corrected chi connectivity index (χ1v) is 5.95. The lowest BCUT2D eigenvalue weighted by Crippen LogP contribution is -2.53. The molecule has 2 heterocycles. The van der Waals surface area contributed by atoms with E-state index in [2.05, 4.69) is 4.99 Å². The molecule has 3 rings (SSSR count). The monoisotopic (exact) mass is 302 g/mol. The summed E-state index contributed by atoms with van der Waals surface area (Å²) in [6.45, 7) is 0. The minimum Gasteiger partial charge on any atom is -0.274 e. The first kappa shape index (κ1) is 13.5. The van der Waals surface area contributed by atoms with E-state index >= 15 is 0 Å². The number of nitro benzene ring substituents is 1. The zero-order valence-corrected chi connectivity index (χ0v) is 10.7. The van der Waals surface area contributed by atoms with Crippen molar-refractivity contribution in [2.45, 2.75) is 6.04 Å². The summed E-state index contributed by atoms with van der Waals surface area (Å²) in [4.78, 5) is 61.1. The molecule has 0 spiro atoms. The van der Waals surface area contributed by atoms with Crippen LogP contribution in [0.25, 0.3) is 0 Å². The standard InChI is InChI=1S/C12H6N4O6/c17-9-8(4-13-12(20)14-9)15-10(18)6-2-1-5(16(21)22)3-7(6)11(15)19/h1-4,8H,(H,14,17,20)/t8-/m0/s1. The van der Waals surface area contributed by atoms with E-state index in [1.807, 2.05) is 5.32 Å². The Labute approximate surface area is 121 Å². The van der Waals surface area contributed by atoms with E-state index in [1.54, 1.807) is 0 Å². The van der Waals surface area contributed by atoms with Crippen LogP contribution in [0.1, 0.15) is 20.7 Å². The second kappa shape index (κ2) is 4.55. The Kier molecular flexibility index (Phi) is 2.80. The second-order valence-electron chi connectivity index (χ2n) is 4.48. The maximum absolute atomic E-state index is 12.3. The zero-order valence-electron chi connectivity index (χ0n) is 10.7. The van der Waals surface area contributed by atoms with Gasteiger partial charge in [-0.3, -0.25) is 34.7 Å². The van der Waals surface area contributed by atoms with E-state index < -0.39 is 34.7 Å². The number of carbonyl (C=O) groups is 4. The van der Waals surface area contributed by atoms with Crippen LogP contribution in [0.4, 0.5) is 10.5 Å². The number of nitrogens with zero attached hydrogens (tertiary/aromatic N) is 3. The molecule has 1 atom stereocenters. The van der Waals surface area contributed by atoms with Crippen LogP contribution in [0, 0.1) is 10.1 Å². The summed E-state index contributed by atoms with van der Waals surface area (Å²) < 4.78 is 0. The molecule has 0 saturated carbocycles. The fraction of sp³-hybridized carbons (Fsp3) is 0.0833. The van der Waals surface area contributed by atoms with Crippen molar-refractivity contribution in [1.29, 1.82) is 0 Å². The first-order valence-electron chi connectivity index (χ1n) is 5.95. The van der Waals surface area contributed by atoms with E-state index in [9.17, 15) is 29.3 Å². The van der Waals surface area contributed by atoms with E-state index in [4.69, 9.17) is 0 Å². The van der Waals surface area contributed by atoms with E-state index in [0.29, 0.717) is 4.90 Å². The maximum atomic E-state index is 12.3. The van der Waals surface area contributed by atoms with Crippen LogP contribution in [0.3, 0.4) is 0 Å². The van der Waals surface area contributed by atoms with Crippen molar-refractivity contribution >= 4 is 35.7 Å². The summed E-state index contributed by atoms with van der Waals surface area (Å²) in [5.41, 5.74) is -0.565. The number of carbonyl (C=O) groups excluding carboxylic acids is 4. The van der Waals surface area contributed by atoms with Crippen LogP contribution >= 0.6 is 0 Å². The summed E-state index contributed by atoms with van der Waals surface area (Å²) in [6, 6.07) is 0.944. The van der Waals surface area contributed by atoms with Crippen LogP contribution in [-0.2, 0) is 4.79 Å². The molecule has 1 aromatic rings. The van der Waals surface area contributed by atoms with Gasteiger partial charge in [-0.1, -0.05) is 0 Å². The van der Waals surface area contributed by atoms with Gasteiger partial charge in [0.2, 0.25) is 0 Å². The molecule has 22 heavy (non-hydrogen) atoms. The molecule has 2 aliphatic heterocycles. The molecule has 110 valence electrons. The summed E-state index contributed by atoms with van der Waals surface area (Å²) in [6.07, 6.45) is 0.886. The Morgan fingerprint density at radius 3 is 2.45 bits per heavy atom. The smallest absolute Gasteiger partial charge is 0.274 e. The average molecular weight is 302 g/mol. The minimum atomic E-state index is -1.37. The van der Waals surface area contributed by atoms with Gasteiger partial charge in [0.15, 0.2) is 6.04 Å². The van der Waals surface area contributed by atoms with Crippen LogP contribution < -0.4 is 5.32 Å². The van der Waals surface area contributed by atoms with Gasteiger partial charge in [-0.25, -0.2) is 9.79 Å². The van der Waals surface area contributed by atoms with Gasteiger partial charge in [0, 0.05) is 18.3 Å². The highest BCUT2D eigenvalue weighted by Gasteiger charge is 2.44. The molecule has 2 aliphatic rings. The SMILES string of the molecule is O=C1N=C[C@H](N2C(=O)c3ccc([N+](=O)[O-])cc3C2=O)C(=O)N1. The highest BCUT2D eigenvalue weighted by atomic mass is 16.6. The van der Waals surface area contributed by atoms with Gasteiger partial charge in [0.05, 0.1) is 16.1 Å². The van der Waals surface area contributed by atoms with Crippen molar-refractivity contribution in [3.63, 3.8) is 0 Å². The van der Waals surface area contributed by atoms with Crippen LogP contribution in [0.15, 0.2) is 23.2 Å². The molecular formula is C12H6N4O6. The lowest BCUT2D eigenvalue weighted by atomic mass is 10.1. The number of benzene rings is 1. The predicted molar refractivity (Wildman–Crippen MR) is 69.4 cm³/mol. The fourth-order valence-electron chi connectivity index (χ4n) is 2.22. The lowest BCUT2D eigenvalue weighted by Gasteiger charge is -2.23. The van der Waals surface area contributed by atoms with Crippen molar-refractivity contribution in [3.05, 3.63) is 39.4 Å². The van der Waals surface area contributed by atoms with Gasteiger partial charge in [0.25, 0.3) is 23.4 Å². The molecule has 0 aromatic heterocycles. The number of nitrogens with one attached hydrogen (secondary N) is 1. The van der Waals surface area contributed by atoms with Crippen LogP contribution in [0.2, 0.25) is 0 Å². The van der Waals surface area contributed by atoms with Gasteiger partial charge in [-0.15, -0.1) is 0 Å². The van der Waals surface area contributed by atoms with Crippen molar-refractivity contribution in [2.24, 2.45) is 4.99 Å². The number of nitro groups is 1. The first-order chi connectivity index (χ1) is 10.4. The maximum Gasteiger partial charge on any atom is 0.347 e. The lowest BCUT2D eigenvalue weighted by molar-refractivity contribution is -0.384. The zero-order chi connectivity index (χ0) is 16.0. The van der Waals surface area contributed by atoms with E-state index in [0.717, 1.165) is 24.4 Å². The Morgan fingerprint density at radius 2 is 1.82 bits per heavy atom. The normalized spacial score (nSPS) is 20.2. The number of hydrogen-bond donors (Lipinski definition) is 1. The Bertz CT molecular complexity index is 799. The molecule has 1 N–H and O–H groups in total. The predicted octanol–water partition coefficient (Wildman–Crippen LogP) is -0.120. The Morgan fingerprint density at radius 1 is 1.14 bits per heavy atom. The number of urea groups is 1. The second-order valence-corrected chi connectivity index (χ2v) is 4.48. The van der Waals surface area contributed by atoms with Crippen molar-refractivity contribution in [1.82, 2.24) is 10.2 Å². The van der Waals surface area contributed by atoms with Crippen molar-refractivity contribution in [3.8, 4) is 0 Å². The van der Waals surface area contributed by atoms with Gasteiger partial charge in [0.1, 0.15) is 0 Å². The van der Waals surface area contributed by atoms with Crippen molar-refractivity contribution in [2.75, 3.05) is 0 Å². The number of amides is 5. The topological polar surface area (TPSA) is 139 Å². The van der Waals surface area contributed by atoms with E-state index in [1.165, 1.54) is 0 Å². The molecule has 10 nitrogen and oxygen atoms in total. The summed E-state index contributed by atoms with van der Waals surface area (Å²) in [7, 11) is 0. The molecule has 10 heteroatoms. The van der Waals surface area contributed by atoms with Gasteiger partial charge in [-0.2, -0.15) is 0 Å². The third-order valence-electron chi connectivity index (χ3n) is 3.22. The number of rotatable bonds is 2. The number of non-ortho nitro benzene ring substituents is 1. The molecular weight excluding hydrogens is 296 g/mol. The van der Waals surface area contributed by atoms with Gasteiger partial charge >= 0.3 is 6.03 Å². The van der Waals surface area contributed by atoms with Crippen LogP contribution in [-0.4, -0.2) is 45.8 Å². The molecule has 0 bridgehead atoms. The molecule has 0 saturated heterocycles. The number of imide groups is 2. The summed E-state index contributed by atoms with van der Waals surface area (Å²) in [5, 5.41) is 12.6. The Balaban J connectivity index is 2.03. The number of fused-ring (bicyclic) bond motifs is 1. The molecule has 0 fully saturated rings. The largest absolute Gasteiger partial charge is 0.347 e. The third-order valence-corrected chi connectivity index (χ3v) is 3.22. The Hall–Kier alpha value is -3.43. The van der Waals surface area contributed by atoms with Crippen molar-refractivity contribution < 1.29 is 24.1 Å². The quantitative estimate of drug-likeness (QED) is 0.459. The number of hydrogen-bond acceptors (Lipinski definition) is 6.